The third-order valence-electron chi connectivity index (χ3n) is 5.99. The molecule has 0 aliphatic heterocycles. The lowest BCUT2D eigenvalue weighted by Crippen LogP contribution is -2.23. The van der Waals surface area contributed by atoms with E-state index >= 15 is 0 Å². The van der Waals surface area contributed by atoms with E-state index in [-0.39, 0.29) is 0 Å². The molecule has 0 nitrogen and oxygen atoms in total. The quantitative estimate of drug-likeness (QED) is 0.611. The topological polar surface area (TPSA) is 0 Å². The largest absolute Gasteiger partial charge is 0.0649 e. The van der Waals surface area contributed by atoms with Crippen molar-refractivity contribution in [3.05, 3.63) is 0 Å². The van der Waals surface area contributed by atoms with Crippen molar-refractivity contribution >= 4 is 0 Å². The molecule has 0 heterocycles. The highest BCUT2D eigenvalue weighted by Crippen LogP contribution is 2.88. The Morgan fingerprint density at radius 3 is 1.64 bits per heavy atom. The van der Waals surface area contributed by atoms with Gasteiger partial charge in [0.05, 0.1) is 0 Å². The molecule has 2 aliphatic carbocycles. The third kappa shape index (κ3) is 0.864. The highest BCUT2D eigenvalue weighted by molar-refractivity contribution is 5.29. The van der Waals surface area contributed by atoms with Gasteiger partial charge in [0.2, 0.25) is 0 Å². The zero-order chi connectivity index (χ0) is 10.6. The molecule has 2 atom stereocenters. The Bertz CT molecular complexity index is 214. The van der Waals surface area contributed by atoms with Gasteiger partial charge in [-0.3, -0.25) is 0 Å². The van der Waals surface area contributed by atoms with Crippen LogP contribution in [0.2, 0.25) is 0 Å². The molecule has 0 bridgehead atoms. The van der Waals surface area contributed by atoms with Crippen LogP contribution in [0, 0.1) is 22.2 Å². The molecule has 2 fully saturated rings. The molecular formula is C14H26. The SMILES string of the molecule is CCC(C)(C)C1C2(CC)CCC12CC. The van der Waals surface area contributed by atoms with Crippen molar-refractivity contribution in [2.45, 2.75) is 66.7 Å². The van der Waals surface area contributed by atoms with Crippen LogP contribution in [-0.4, -0.2) is 0 Å². The second-order valence-electron chi connectivity index (χ2n) is 6.29. The van der Waals surface area contributed by atoms with E-state index in [0.29, 0.717) is 5.41 Å². The molecule has 2 saturated carbocycles. The maximum atomic E-state index is 2.49. The standard InChI is InChI=1S/C14H26/c1-6-12(4,5)11-13(7-2)9-10-14(11,13)8-3/h11H,6-10H2,1-5H3. The van der Waals surface area contributed by atoms with Crippen molar-refractivity contribution in [3.8, 4) is 0 Å². The van der Waals surface area contributed by atoms with Gasteiger partial charge in [0.25, 0.3) is 0 Å². The van der Waals surface area contributed by atoms with Gasteiger partial charge >= 0.3 is 0 Å². The Morgan fingerprint density at radius 2 is 1.43 bits per heavy atom. The highest BCUT2D eigenvalue weighted by atomic mass is 14.9. The lowest BCUT2D eigenvalue weighted by molar-refractivity contribution is 0.165. The fourth-order valence-electron chi connectivity index (χ4n) is 4.96. The lowest BCUT2D eigenvalue weighted by Gasteiger charge is -2.34. The number of rotatable bonds is 4. The number of hydrogen-bond acceptors (Lipinski definition) is 0. The normalized spacial score (nSPS) is 45.6. The molecule has 0 heteroatoms. The van der Waals surface area contributed by atoms with Crippen LogP contribution in [-0.2, 0) is 0 Å². The minimum atomic E-state index is 0.586. The Balaban J connectivity index is 2.24. The maximum absolute atomic E-state index is 2.49. The van der Waals surface area contributed by atoms with Gasteiger partial charge in [-0.1, -0.05) is 41.0 Å². The van der Waals surface area contributed by atoms with Gasteiger partial charge in [-0.25, -0.2) is 0 Å². The van der Waals surface area contributed by atoms with Gasteiger partial charge in [-0.05, 0) is 47.8 Å². The van der Waals surface area contributed by atoms with Gasteiger partial charge in [0, 0.05) is 0 Å². The average Bonchev–Trinajstić information content (AvgIpc) is 2.59. The van der Waals surface area contributed by atoms with Gasteiger partial charge in [0.15, 0.2) is 0 Å². The molecule has 0 aromatic carbocycles. The van der Waals surface area contributed by atoms with E-state index < -0.39 is 0 Å². The van der Waals surface area contributed by atoms with Crippen LogP contribution in [0.5, 0.6) is 0 Å². The molecule has 0 radical (unpaired) electrons. The second-order valence-corrected chi connectivity index (χ2v) is 6.29. The fraction of sp³-hybridized carbons (Fsp3) is 1.00. The van der Waals surface area contributed by atoms with Crippen molar-refractivity contribution in [2.75, 3.05) is 0 Å². The van der Waals surface area contributed by atoms with Crippen molar-refractivity contribution in [2.24, 2.45) is 22.2 Å². The smallest absolute Gasteiger partial charge is 0.0202 e. The first kappa shape index (κ1) is 10.5. The monoisotopic (exact) mass is 194 g/mol. The van der Waals surface area contributed by atoms with Crippen molar-refractivity contribution in [3.63, 3.8) is 0 Å². The molecule has 0 spiro atoms. The lowest BCUT2D eigenvalue weighted by atomic mass is 9.71. The van der Waals surface area contributed by atoms with E-state index in [9.17, 15) is 0 Å². The Labute approximate surface area is 89.5 Å². The predicted molar refractivity (Wildman–Crippen MR) is 62.2 cm³/mol. The number of fused-ring (bicyclic) bond motifs is 1. The van der Waals surface area contributed by atoms with Crippen molar-refractivity contribution in [1.29, 1.82) is 0 Å². The van der Waals surface area contributed by atoms with Crippen molar-refractivity contribution < 1.29 is 0 Å². The fourth-order valence-corrected chi connectivity index (χ4v) is 4.96. The van der Waals surface area contributed by atoms with Crippen LogP contribution in [0.3, 0.4) is 0 Å². The molecule has 0 aromatic rings. The zero-order valence-electron chi connectivity index (χ0n) is 10.6. The Morgan fingerprint density at radius 1 is 1.00 bits per heavy atom. The summed E-state index contributed by atoms with van der Waals surface area (Å²) >= 11 is 0. The summed E-state index contributed by atoms with van der Waals surface area (Å²) in [5.74, 6) is 1.03. The summed E-state index contributed by atoms with van der Waals surface area (Å²) in [4.78, 5) is 0. The summed E-state index contributed by atoms with van der Waals surface area (Å²) in [5, 5.41) is 0. The molecule has 0 aromatic heterocycles. The summed E-state index contributed by atoms with van der Waals surface area (Å²) in [6.07, 6.45) is 7.24. The Kier molecular flexibility index (Phi) is 2.08. The van der Waals surface area contributed by atoms with E-state index in [1.165, 1.54) is 32.1 Å². The third-order valence-corrected chi connectivity index (χ3v) is 5.99. The molecule has 0 saturated heterocycles. The van der Waals surface area contributed by atoms with Gasteiger partial charge in [-0.2, -0.15) is 0 Å². The minimum absolute atomic E-state index is 0.586. The molecule has 14 heavy (non-hydrogen) atoms. The van der Waals surface area contributed by atoms with Gasteiger partial charge in [0.1, 0.15) is 0 Å². The van der Waals surface area contributed by atoms with Crippen LogP contribution < -0.4 is 0 Å². The van der Waals surface area contributed by atoms with Crippen molar-refractivity contribution in [1.82, 2.24) is 0 Å². The molecule has 0 amide bonds. The highest BCUT2D eigenvalue weighted by Gasteiger charge is 2.81. The maximum Gasteiger partial charge on any atom is -0.0202 e. The van der Waals surface area contributed by atoms with E-state index in [1.807, 2.05) is 0 Å². The molecule has 82 valence electrons. The van der Waals surface area contributed by atoms with E-state index in [0.717, 1.165) is 16.7 Å². The zero-order valence-corrected chi connectivity index (χ0v) is 10.6. The second kappa shape index (κ2) is 2.77. The van der Waals surface area contributed by atoms with E-state index in [2.05, 4.69) is 34.6 Å². The molecular weight excluding hydrogens is 168 g/mol. The van der Waals surface area contributed by atoms with Crippen LogP contribution in [0.1, 0.15) is 66.7 Å². The Hall–Kier alpha value is 0. The minimum Gasteiger partial charge on any atom is -0.0649 e. The summed E-state index contributed by atoms with van der Waals surface area (Å²) in [5.41, 5.74) is 2.14. The summed E-state index contributed by atoms with van der Waals surface area (Å²) in [6, 6.07) is 0. The van der Waals surface area contributed by atoms with Gasteiger partial charge < -0.3 is 0 Å². The molecule has 0 N–H and O–H groups in total. The molecule has 2 rings (SSSR count). The summed E-state index contributed by atoms with van der Waals surface area (Å²) in [6.45, 7) is 12.2. The first-order chi connectivity index (χ1) is 6.51. The van der Waals surface area contributed by atoms with Crippen LogP contribution in [0.4, 0.5) is 0 Å². The first-order valence-corrected chi connectivity index (χ1v) is 6.51. The first-order valence-electron chi connectivity index (χ1n) is 6.51. The van der Waals surface area contributed by atoms with Gasteiger partial charge in [-0.15, -0.1) is 0 Å². The van der Waals surface area contributed by atoms with E-state index in [4.69, 9.17) is 0 Å². The summed E-state index contributed by atoms with van der Waals surface area (Å²) < 4.78 is 0. The number of hydrogen-bond donors (Lipinski definition) is 0. The molecule has 2 unspecified atom stereocenters. The van der Waals surface area contributed by atoms with E-state index in [1.54, 1.807) is 0 Å². The molecule has 2 aliphatic rings. The van der Waals surface area contributed by atoms with Crippen LogP contribution in [0.15, 0.2) is 0 Å². The predicted octanol–water partition coefficient (Wildman–Crippen LogP) is 4.64. The average molecular weight is 194 g/mol. The summed E-state index contributed by atoms with van der Waals surface area (Å²) in [7, 11) is 0. The van der Waals surface area contributed by atoms with Crippen LogP contribution in [0.25, 0.3) is 0 Å². The van der Waals surface area contributed by atoms with Crippen LogP contribution >= 0.6 is 0 Å².